The molecular formula is C11H20BrNO2. The van der Waals surface area contributed by atoms with Gasteiger partial charge in [0.1, 0.15) is 0 Å². The van der Waals surface area contributed by atoms with Gasteiger partial charge in [-0.05, 0) is 19.3 Å². The van der Waals surface area contributed by atoms with Crippen LogP contribution in [0.15, 0.2) is 0 Å². The number of hydrogen-bond acceptors (Lipinski definition) is 2. The van der Waals surface area contributed by atoms with Crippen LogP contribution in [-0.2, 0) is 9.53 Å². The average Bonchev–Trinajstić information content (AvgIpc) is 2.29. The van der Waals surface area contributed by atoms with Crippen LogP contribution < -0.4 is 0 Å². The van der Waals surface area contributed by atoms with Crippen LogP contribution in [0.2, 0.25) is 0 Å². The number of carbonyl (C=O) groups is 1. The molecule has 1 fully saturated rings. The van der Waals surface area contributed by atoms with Gasteiger partial charge in [-0.15, -0.1) is 0 Å². The molecule has 1 aliphatic rings. The number of halogens is 1. The van der Waals surface area contributed by atoms with E-state index in [9.17, 15) is 4.79 Å². The van der Waals surface area contributed by atoms with E-state index in [1.54, 1.807) is 0 Å². The largest absolute Gasteiger partial charge is 0.375 e. The lowest BCUT2D eigenvalue weighted by molar-refractivity contribution is -0.138. The van der Waals surface area contributed by atoms with Gasteiger partial charge < -0.3 is 9.64 Å². The number of ether oxygens (including phenoxy) is 1. The minimum Gasteiger partial charge on any atom is -0.375 e. The van der Waals surface area contributed by atoms with Gasteiger partial charge in [-0.3, -0.25) is 4.79 Å². The molecule has 0 N–H and O–H groups in total. The van der Waals surface area contributed by atoms with E-state index in [-0.39, 0.29) is 12.0 Å². The molecule has 3 nitrogen and oxygen atoms in total. The van der Waals surface area contributed by atoms with Gasteiger partial charge in [0.2, 0.25) is 5.91 Å². The Balaban J connectivity index is 2.25. The Hall–Kier alpha value is -0.0900. The van der Waals surface area contributed by atoms with Crippen molar-refractivity contribution in [2.75, 3.05) is 25.0 Å². The highest BCUT2D eigenvalue weighted by Gasteiger charge is 2.22. The maximum atomic E-state index is 11.8. The zero-order valence-electron chi connectivity index (χ0n) is 9.38. The van der Waals surface area contributed by atoms with Crippen molar-refractivity contribution in [1.82, 2.24) is 4.90 Å². The third-order valence-corrected chi connectivity index (χ3v) is 3.28. The number of carbonyl (C=O) groups excluding carboxylic acids is 1. The predicted molar refractivity (Wildman–Crippen MR) is 64.3 cm³/mol. The Bertz CT molecular complexity index is 199. The van der Waals surface area contributed by atoms with Gasteiger partial charge in [-0.25, -0.2) is 0 Å². The lowest BCUT2D eigenvalue weighted by atomic mass is 10.2. The number of hydrogen-bond donors (Lipinski definition) is 0. The summed E-state index contributed by atoms with van der Waals surface area (Å²) >= 11 is 3.37. The Morgan fingerprint density at radius 3 is 3.00 bits per heavy atom. The van der Waals surface area contributed by atoms with Crippen molar-refractivity contribution in [3.05, 3.63) is 0 Å². The summed E-state index contributed by atoms with van der Waals surface area (Å²) in [4.78, 5) is 13.7. The van der Waals surface area contributed by atoms with Gasteiger partial charge >= 0.3 is 0 Å². The Kier molecular flexibility index (Phi) is 6.25. The normalized spacial score (nSPS) is 21.7. The fraction of sp³-hybridized carbons (Fsp3) is 0.909. The molecule has 1 heterocycles. The summed E-state index contributed by atoms with van der Waals surface area (Å²) in [7, 11) is 0. The van der Waals surface area contributed by atoms with Gasteiger partial charge in [-0.1, -0.05) is 22.9 Å². The maximum Gasteiger partial charge on any atom is 0.222 e. The first kappa shape index (κ1) is 13.0. The number of nitrogens with zero attached hydrogens (tertiary/aromatic N) is 1. The molecule has 0 radical (unpaired) electrons. The molecule has 88 valence electrons. The molecule has 0 aromatic carbocycles. The van der Waals surface area contributed by atoms with E-state index in [1.165, 1.54) is 0 Å². The Labute approximate surface area is 100 Å². The fourth-order valence-corrected chi connectivity index (χ4v) is 2.12. The van der Waals surface area contributed by atoms with E-state index in [0.717, 1.165) is 37.7 Å². The molecule has 0 spiro atoms. The maximum absolute atomic E-state index is 11.8. The van der Waals surface area contributed by atoms with E-state index >= 15 is 0 Å². The van der Waals surface area contributed by atoms with Gasteiger partial charge in [0.25, 0.3) is 0 Å². The monoisotopic (exact) mass is 277 g/mol. The van der Waals surface area contributed by atoms with E-state index in [1.807, 2.05) is 4.90 Å². The third-order valence-electron chi connectivity index (χ3n) is 2.72. The molecule has 15 heavy (non-hydrogen) atoms. The van der Waals surface area contributed by atoms with Crippen molar-refractivity contribution < 1.29 is 9.53 Å². The smallest absolute Gasteiger partial charge is 0.222 e. The lowest BCUT2D eigenvalue weighted by Crippen LogP contribution is -2.45. The van der Waals surface area contributed by atoms with Crippen molar-refractivity contribution in [3.8, 4) is 0 Å². The first-order valence-electron chi connectivity index (χ1n) is 5.73. The highest BCUT2D eigenvalue weighted by atomic mass is 79.9. The van der Waals surface area contributed by atoms with Crippen LogP contribution in [0, 0.1) is 0 Å². The molecule has 0 aromatic rings. The zero-order chi connectivity index (χ0) is 11.1. The molecule has 1 atom stereocenters. The predicted octanol–water partition coefficient (Wildman–Crippen LogP) is 2.19. The van der Waals surface area contributed by atoms with Gasteiger partial charge in [-0.2, -0.15) is 0 Å². The first-order valence-corrected chi connectivity index (χ1v) is 6.85. The van der Waals surface area contributed by atoms with Crippen LogP contribution in [0.5, 0.6) is 0 Å². The summed E-state index contributed by atoms with van der Waals surface area (Å²) in [6, 6.07) is 0. The van der Waals surface area contributed by atoms with Crippen LogP contribution in [0.25, 0.3) is 0 Å². The molecule has 4 heteroatoms. The molecule has 1 aliphatic heterocycles. The highest BCUT2D eigenvalue weighted by Crippen LogP contribution is 2.11. The summed E-state index contributed by atoms with van der Waals surface area (Å²) in [6.45, 7) is 4.35. The molecule has 0 aromatic heterocycles. The molecule has 0 bridgehead atoms. The quantitative estimate of drug-likeness (QED) is 0.570. The molecule has 1 rings (SSSR count). The summed E-state index contributed by atoms with van der Waals surface area (Å²) in [6.07, 6.45) is 3.98. The summed E-state index contributed by atoms with van der Waals surface area (Å²) in [5.74, 6) is 0.290. The van der Waals surface area contributed by atoms with E-state index in [4.69, 9.17) is 4.74 Å². The van der Waals surface area contributed by atoms with Crippen LogP contribution in [0.3, 0.4) is 0 Å². The van der Waals surface area contributed by atoms with Crippen molar-refractivity contribution in [2.24, 2.45) is 0 Å². The summed E-state index contributed by atoms with van der Waals surface area (Å²) < 4.78 is 5.53. The number of rotatable bonds is 5. The minimum absolute atomic E-state index is 0.249. The molecule has 1 unspecified atom stereocenters. The van der Waals surface area contributed by atoms with Crippen molar-refractivity contribution in [2.45, 2.75) is 38.7 Å². The summed E-state index contributed by atoms with van der Waals surface area (Å²) in [5, 5.41) is 0.987. The summed E-state index contributed by atoms with van der Waals surface area (Å²) in [5.41, 5.74) is 0. The molecule has 1 amide bonds. The van der Waals surface area contributed by atoms with E-state index < -0.39 is 0 Å². The molecular weight excluding hydrogens is 258 g/mol. The first-order chi connectivity index (χ1) is 7.27. The van der Waals surface area contributed by atoms with Gasteiger partial charge in [0, 0.05) is 24.8 Å². The van der Waals surface area contributed by atoms with E-state index in [2.05, 4.69) is 22.9 Å². The van der Waals surface area contributed by atoms with E-state index in [0.29, 0.717) is 13.0 Å². The lowest BCUT2D eigenvalue weighted by Gasteiger charge is -2.32. The molecule has 0 saturated carbocycles. The Morgan fingerprint density at radius 2 is 2.33 bits per heavy atom. The van der Waals surface area contributed by atoms with Crippen LogP contribution in [0.4, 0.5) is 0 Å². The highest BCUT2D eigenvalue weighted by molar-refractivity contribution is 9.09. The topological polar surface area (TPSA) is 29.5 Å². The average molecular weight is 278 g/mol. The second kappa shape index (κ2) is 7.23. The van der Waals surface area contributed by atoms with Crippen LogP contribution in [-0.4, -0.2) is 41.9 Å². The van der Waals surface area contributed by atoms with Gasteiger partial charge in [0.05, 0.1) is 12.7 Å². The minimum atomic E-state index is 0.249. The van der Waals surface area contributed by atoms with Crippen molar-refractivity contribution in [3.63, 3.8) is 0 Å². The second-order valence-corrected chi connectivity index (χ2v) is 4.68. The van der Waals surface area contributed by atoms with Gasteiger partial charge in [0.15, 0.2) is 0 Å². The zero-order valence-corrected chi connectivity index (χ0v) is 11.0. The number of morpholine rings is 1. The molecule has 0 aliphatic carbocycles. The van der Waals surface area contributed by atoms with Crippen LogP contribution in [0.1, 0.15) is 32.6 Å². The molecule has 1 saturated heterocycles. The number of amides is 1. The Morgan fingerprint density at radius 1 is 1.53 bits per heavy atom. The van der Waals surface area contributed by atoms with Crippen LogP contribution >= 0.6 is 15.9 Å². The van der Waals surface area contributed by atoms with Crippen molar-refractivity contribution in [1.29, 1.82) is 0 Å². The number of alkyl halides is 1. The SMILES string of the molecule is CCC1CN(C(=O)CCCCBr)CCO1. The standard InChI is InChI=1S/C11H20BrNO2/c1-2-10-9-13(7-8-15-10)11(14)5-3-4-6-12/h10H,2-9H2,1H3. The van der Waals surface area contributed by atoms with Crippen molar-refractivity contribution >= 4 is 21.8 Å². The number of unbranched alkanes of at least 4 members (excludes halogenated alkanes) is 1. The third kappa shape index (κ3) is 4.51. The second-order valence-electron chi connectivity index (χ2n) is 3.89. The fourth-order valence-electron chi connectivity index (χ4n) is 1.72.